The van der Waals surface area contributed by atoms with Crippen LogP contribution in [0.5, 0.6) is 5.88 Å². The van der Waals surface area contributed by atoms with E-state index in [1.807, 2.05) is 6.07 Å². The molecule has 0 atom stereocenters. The third kappa shape index (κ3) is 2.97. The summed E-state index contributed by atoms with van der Waals surface area (Å²) in [6.45, 7) is 2.24. The molecule has 24 heavy (non-hydrogen) atoms. The number of hydrogen-bond donors (Lipinski definition) is 1. The van der Waals surface area contributed by atoms with E-state index in [-0.39, 0.29) is 5.82 Å². The minimum Gasteiger partial charge on any atom is -0.481 e. The molecule has 0 spiro atoms. The van der Waals surface area contributed by atoms with Gasteiger partial charge in [-0.3, -0.25) is 4.98 Å². The molecule has 0 aliphatic carbocycles. The molecule has 0 aliphatic rings. The van der Waals surface area contributed by atoms with E-state index in [0.717, 1.165) is 11.1 Å². The quantitative estimate of drug-likeness (QED) is 0.795. The smallest absolute Gasteiger partial charge is 0.213 e. The number of nitriles is 1. The maximum absolute atomic E-state index is 13.8. The molecule has 2 aromatic heterocycles. The van der Waals surface area contributed by atoms with Gasteiger partial charge in [0.25, 0.3) is 0 Å². The number of anilines is 1. The molecule has 3 aromatic rings. The van der Waals surface area contributed by atoms with Gasteiger partial charge in [0, 0.05) is 30.4 Å². The van der Waals surface area contributed by atoms with Gasteiger partial charge in [-0.1, -0.05) is 0 Å². The Bertz CT molecular complexity index is 950. The first kappa shape index (κ1) is 15.7. The maximum Gasteiger partial charge on any atom is 0.213 e. The highest BCUT2D eigenvalue weighted by atomic mass is 19.1. The summed E-state index contributed by atoms with van der Waals surface area (Å²) >= 11 is 0. The summed E-state index contributed by atoms with van der Waals surface area (Å²) in [6, 6.07) is 8.57. The molecule has 0 bridgehead atoms. The highest BCUT2D eigenvalue weighted by molar-refractivity contribution is 5.95. The number of hydrogen-bond acceptors (Lipinski definition) is 5. The van der Waals surface area contributed by atoms with Crippen molar-refractivity contribution in [2.24, 2.45) is 0 Å². The molecule has 120 valence electrons. The van der Waals surface area contributed by atoms with Gasteiger partial charge in [-0.15, -0.1) is 0 Å². The van der Waals surface area contributed by atoms with E-state index in [9.17, 15) is 9.65 Å². The zero-order valence-corrected chi connectivity index (χ0v) is 13.3. The first-order valence-electron chi connectivity index (χ1n) is 7.34. The lowest BCUT2D eigenvalue weighted by atomic mass is 10.1. The Kier molecular flexibility index (Phi) is 4.25. The minimum atomic E-state index is -0.356. The number of rotatable bonds is 4. The number of fused-ring (bicyclic) bond motifs is 1. The molecule has 1 aromatic carbocycles. The molecule has 0 unspecified atom stereocenters. The van der Waals surface area contributed by atoms with Crippen molar-refractivity contribution in [1.82, 2.24) is 9.97 Å². The molecule has 3 rings (SSSR count). The molecule has 0 aliphatic heterocycles. The van der Waals surface area contributed by atoms with E-state index in [2.05, 4.69) is 21.4 Å². The molecule has 0 amide bonds. The van der Waals surface area contributed by atoms with E-state index in [1.165, 1.54) is 18.3 Å². The van der Waals surface area contributed by atoms with Crippen molar-refractivity contribution in [2.45, 2.75) is 13.5 Å². The summed E-state index contributed by atoms with van der Waals surface area (Å²) in [5.41, 5.74) is 3.27. The third-order valence-corrected chi connectivity index (χ3v) is 3.72. The van der Waals surface area contributed by atoms with Gasteiger partial charge < -0.3 is 10.1 Å². The molecular weight excluding hydrogens is 307 g/mol. The lowest BCUT2D eigenvalue weighted by Crippen LogP contribution is -2.04. The van der Waals surface area contributed by atoms with Crippen LogP contribution in [-0.2, 0) is 6.54 Å². The largest absolute Gasteiger partial charge is 0.481 e. The van der Waals surface area contributed by atoms with Crippen molar-refractivity contribution in [1.29, 1.82) is 5.26 Å². The fourth-order valence-corrected chi connectivity index (χ4v) is 2.57. The van der Waals surface area contributed by atoms with Crippen molar-refractivity contribution in [2.75, 3.05) is 12.4 Å². The van der Waals surface area contributed by atoms with Gasteiger partial charge in [0.15, 0.2) is 0 Å². The minimum absolute atomic E-state index is 0.356. The van der Waals surface area contributed by atoms with Crippen LogP contribution < -0.4 is 10.1 Å². The van der Waals surface area contributed by atoms with Crippen LogP contribution in [0, 0.1) is 24.1 Å². The van der Waals surface area contributed by atoms with Gasteiger partial charge in [-0.05, 0) is 36.2 Å². The van der Waals surface area contributed by atoms with Crippen LogP contribution in [0.3, 0.4) is 0 Å². The summed E-state index contributed by atoms with van der Waals surface area (Å²) in [5, 5.41) is 13.1. The van der Waals surface area contributed by atoms with Crippen LogP contribution in [0.1, 0.15) is 16.7 Å². The molecule has 0 saturated carbocycles. The second kappa shape index (κ2) is 6.50. The number of aromatic nitrogens is 2. The molecule has 0 radical (unpaired) electrons. The Labute approximate surface area is 138 Å². The second-order valence-corrected chi connectivity index (χ2v) is 5.34. The lowest BCUT2D eigenvalue weighted by molar-refractivity contribution is 0.397. The monoisotopic (exact) mass is 322 g/mol. The summed E-state index contributed by atoms with van der Waals surface area (Å²) in [5.74, 6) is 0.154. The molecule has 1 N–H and O–H groups in total. The Hall–Kier alpha value is -3.20. The highest BCUT2D eigenvalue weighted by Gasteiger charge is 2.12. The number of nitrogens with zero attached hydrogens (tertiary/aromatic N) is 3. The summed E-state index contributed by atoms with van der Waals surface area (Å²) < 4.78 is 18.9. The van der Waals surface area contributed by atoms with Gasteiger partial charge in [-0.2, -0.15) is 5.26 Å². The fraction of sp³-hybridized carbons (Fsp3) is 0.167. The zero-order chi connectivity index (χ0) is 17.1. The first-order chi connectivity index (χ1) is 11.6. The molecular formula is C18H15FN4O. The van der Waals surface area contributed by atoms with E-state index < -0.39 is 0 Å². The number of pyridine rings is 2. The van der Waals surface area contributed by atoms with Crippen LogP contribution in [0.25, 0.3) is 10.9 Å². The first-order valence-corrected chi connectivity index (χ1v) is 7.34. The van der Waals surface area contributed by atoms with Crippen molar-refractivity contribution in [3.63, 3.8) is 0 Å². The summed E-state index contributed by atoms with van der Waals surface area (Å²) in [4.78, 5) is 8.33. The van der Waals surface area contributed by atoms with Crippen LogP contribution in [0.2, 0.25) is 0 Å². The Morgan fingerprint density at radius 1 is 1.29 bits per heavy atom. The summed E-state index contributed by atoms with van der Waals surface area (Å²) in [6.07, 6.45) is 3.15. The summed E-state index contributed by atoms with van der Waals surface area (Å²) in [7, 11) is 1.55. The van der Waals surface area contributed by atoms with Crippen molar-refractivity contribution < 1.29 is 9.13 Å². The van der Waals surface area contributed by atoms with Crippen molar-refractivity contribution in [3.05, 3.63) is 59.2 Å². The van der Waals surface area contributed by atoms with Crippen LogP contribution >= 0.6 is 0 Å². The number of aryl methyl sites for hydroxylation is 1. The standard InChI is InChI=1S/C18H15FN4O/c1-11-5-14(19)7-15-17(11)23-10-13(8-20)18(15)22-9-12-3-4-21-16(6-12)24-2/h3-7,10H,9H2,1-2H3,(H,22,23). The number of benzene rings is 1. The third-order valence-electron chi connectivity index (χ3n) is 3.72. The molecule has 6 heteroatoms. The number of methoxy groups -OCH3 is 1. The number of nitrogens with one attached hydrogen (secondary N) is 1. The Morgan fingerprint density at radius 2 is 2.12 bits per heavy atom. The van der Waals surface area contributed by atoms with Crippen LogP contribution in [-0.4, -0.2) is 17.1 Å². The normalized spacial score (nSPS) is 10.4. The van der Waals surface area contributed by atoms with Crippen molar-refractivity contribution in [3.8, 4) is 11.9 Å². The highest BCUT2D eigenvalue weighted by Crippen LogP contribution is 2.29. The van der Waals surface area contributed by atoms with E-state index in [1.54, 1.807) is 26.3 Å². The lowest BCUT2D eigenvalue weighted by Gasteiger charge is -2.13. The SMILES string of the molecule is COc1cc(CNc2c(C#N)cnc3c(C)cc(F)cc23)ccn1. The Balaban J connectivity index is 2.02. The van der Waals surface area contributed by atoms with Crippen LogP contribution in [0.4, 0.5) is 10.1 Å². The van der Waals surface area contributed by atoms with Gasteiger partial charge in [0.2, 0.25) is 5.88 Å². The van der Waals surface area contributed by atoms with E-state index >= 15 is 0 Å². The predicted molar refractivity (Wildman–Crippen MR) is 89.3 cm³/mol. The average Bonchev–Trinajstić information content (AvgIpc) is 2.59. The maximum atomic E-state index is 13.8. The van der Waals surface area contributed by atoms with E-state index in [4.69, 9.17) is 4.74 Å². The predicted octanol–water partition coefficient (Wildman–Crippen LogP) is 3.57. The van der Waals surface area contributed by atoms with E-state index in [0.29, 0.717) is 34.6 Å². The molecule has 2 heterocycles. The zero-order valence-electron chi connectivity index (χ0n) is 13.3. The second-order valence-electron chi connectivity index (χ2n) is 5.34. The van der Waals surface area contributed by atoms with Gasteiger partial charge in [0.05, 0.1) is 23.9 Å². The van der Waals surface area contributed by atoms with Gasteiger partial charge in [0.1, 0.15) is 11.9 Å². The topological polar surface area (TPSA) is 70.8 Å². The molecule has 0 saturated heterocycles. The van der Waals surface area contributed by atoms with Gasteiger partial charge in [-0.25, -0.2) is 9.37 Å². The van der Waals surface area contributed by atoms with Crippen LogP contribution in [0.15, 0.2) is 36.7 Å². The van der Waals surface area contributed by atoms with Gasteiger partial charge >= 0.3 is 0 Å². The molecule has 5 nitrogen and oxygen atoms in total. The molecule has 0 fully saturated rings. The fourth-order valence-electron chi connectivity index (χ4n) is 2.57. The number of ether oxygens (including phenoxy) is 1. The average molecular weight is 322 g/mol. The van der Waals surface area contributed by atoms with Crippen molar-refractivity contribution >= 4 is 16.6 Å². The number of halogens is 1. The Morgan fingerprint density at radius 3 is 2.88 bits per heavy atom.